The van der Waals surface area contributed by atoms with Gasteiger partial charge >= 0.3 is 5.97 Å². The van der Waals surface area contributed by atoms with E-state index in [2.05, 4.69) is 117 Å². The summed E-state index contributed by atoms with van der Waals surface area (Å²) < 4.78 is 5.88. The number of aliphatic hydroxyl groups excluding tert-OH is 2. The first kappa shape index (κ1) is 60.8. The van der Waals surface area contributed by atoms with Crippen molar-refractivity contribution in [3.8, 4) is 0 Å². The Labute approximate surface area is 395 Å². The van der Waals surface area contributed by atoms with Crippen LogP contribution >= 0.6 is 0 Å². The van der Waals surface area contributed by atoms with Crippen molar-refractivity contribution in [1.82, 2.24) is 5.32 Å². The molecule has 0 bridgehead atoms. The van der Waals surface area contributed by atoms with E-state index in [1.165, 1.54) is 83.5 Å². The van der Waals surface area contributed by atoms with Crippen LogP contribution in [0.15, 0.2) is 97.2 Å². The van der Waals surface area contributed by atoms with Crippen molar-refractivity contribution in [3.05, 3.63) is 97.2 Å². The summed E-state index contributed by atoms with van der Waals surface area (Å²) in [5.41, 5.74) is 0. The van der Waals surface area contributed by atoms with Crippen LogP contribution in [0.25, 0.3) is 0 Å². The van der Waals surface area contributed by atoms with Gasteiger partial charge in [-0.2, -0.15) is 0 Å². The van der Waals surface area contributed by atoms with E-state index in [4.69, 9.17) is 4.74 Å². The maximum Gasteiger partial charge on any atom is 0.306 e. The molecule has 64 heavy (non-hydrogen) atoms. The van der Waals surface area contributed by atoms with Crippen LogP contribution in [0.1, 0.15) is 233 Å². The monoisotopic (exact) mass is 890 g/mol. The average molecular weight is 890 g/mol. The van der Waals surface area contributed by atoms with Gasteiger partial charge in [-0.3, -0.25) is 9.59 Å². The Morgan fingerprint density at radius 3 is 1.38 bits per heavy atom. The first-order valence-corrected chi connectivity index (χ1v) is 26.5. The van der Waals surface area contributed by atoms with Gasteiger partial charge in [0.05, 0.1) is 25.2 Å². The van der Waals surface area contributed by atoms with E-state index in [0.29, 0.717) is 19.3 Å². The Hall–Kier alpha value is -3.22. The number of carbonyl (C=O) groups is 2. The molecule has 1 amide bonds. The first-order chi connectivity index (χ1) is 31.5. The number of nitrogens with one attached hydrogen (secondary N) is 1. The molecule has 0 saturated heterocycles. The van der Waals surface area contributed by atoms with Gasteiger partial charge in [0.1, 0.15) is 6.10 Å². The van der Waals surface area contributed by atoms with Crippen LogP contribution in [0.3, 0.4) is 0 Å². The van der Waals surface area contributed by atoms with E-state index < -0.39 is 18.2 Å². The Bertz CT molecular complexity index is 1270. The molecule has 0 aliphatic heterocycles. The van der Waals surface area contributed by atoms with Gasteiger partial charge in [-0.25, -0.2) is 0 Å². The lowest BCUT2D eigenvalue weighted by molar-refractivity contribution is -0.150. The second kappa shape index (κ2) is 50.8. The quantitative estimate of drug-likeness (QED) is 0.0245. The van der Waals surface area contributed by atoms with Gasteiger partial charge in [0.25, 0.3) is 0 Å². The molecule has 0 spiro atoms. The molecule has 0 saturated carbocycles. The summed E-state index contributed by atoms with van der Waals surface area (Å²) in [6.07, 6.45) is 67.6. The molecule has 0 aromatic heterocycles. The Morgan fingerprint density at radius 2 is 0.891 bits per heavy atom. The van der Waals surface area contributed by atoms with Crippen LogP contribution in [0, 0.1) is 0 Å². The molecule has 0 radical (unpaired) electrons. The fourth-order valence-electron chi connectivity index (χ4n) is 7.45. The van der Waals surface area contributed by atoms with Gasteiger partial charge < -0.3 is 20.3 Å². The van der Waals surface area contributed by atoms with Gasteiger partial charge in [-0.1, -0.05) is 227 Å². The number of esters is 1. The Balaban J connectivity index is 4.72. The van der Waals surface area contributed by atoms with E-state index in [9.17, 15) is 19.8 Å². The highest BCUT2D eigenvalue weighted by Gasteiger charge is 2.24. The molecular formula is C58H99NO5. The highest BCUT2D eigenvalue weighted by Crippen LogP contribution is 2.17. The molecule has 6 nitrogen and oxygen atoms in total. The number of carbonyl (C=O) groups excluding carboxylic acids is 2. The Morgan fingerprint density at radius 1 is 0.484 bits per heavy atom. The number of rotatable bonds is 46. The summed E-state index contributed by atoms with van der Waals surface area (Å²) >= 11 is 0. The third-order valence-corrected chi connectivity index (χ3v) is 11.4. The van der Waals surface area contributed by atoms with E-state index in [0.717, 1.165) is 96.3 Å². The van der Waals surface area contributed by atoms with Crippen LogP contribution in [0.5, 0.6) is 0 Å². The lowest BCUT2D eigenvalue weighted by Gasteiger charge is -2.24. The van der Waals surface area contributed by atoms with Crippen molar-refractivity contribution in [2.24, 2.45) is 0 Å². The number of hydrogen-bond acceptors (Lipinski definition) is 5. The van der Waals surface area contributed by atoms with Gasteiger partial charge in [-0.05, 0) is 89.9 Å². The molecule has 366 valence electrons. The number of hydrogen-bond donors (Lipinski definition) is 3. The molecule has 3 N–H and O–H groups in total. The molecule has 0 aliphatic carbocycles. The van der Waals surface area contributed by atoms with Crippen molar-refractivity contribution in [1.29, 1.82) is 0 Å². The topological polar surface area (TPSA) is 95.9 Å². The zero-order valence-electron chi connectivity index (χ0n) is 41.6. The summed E-state index contributed by atoms with van der Waals surface area (Å²) in [5.74, 6) is -0.600. The third kappa shape index (κ3) is 45.4. The summed E-state index contributed by atoms with van der Waals surface area (Å²) in [7, 11) is 0. The summed E-state index contributed by atoms with van der Waals surface area (Å²) in [4.78, 5) is 26.1. The van der Waals surface area contributed by atoms with E-state index in [1.807, 2.05) is 6.08 Å². The molecule has 3 unspecified atom stereocenters. The van der Waals surface area contributed by atoms with Gasteiger partial charge in [0.15, 0.2) is 0 Å². The fraction of sp³-hybridized carbons (Fsp3) is 0.690. The summed E-state index contributed by atoms with van der Waals surface area (Å²) in [6.45, 7) is 6.31. The van der Waals surface area contributed by atoms with Crippen LogP contribution < -0.4 is 5.32 Å². The Kier molecular flexibility index (Phi) is 48.2. The highest BCUT2D eigenvalue weighted by molar-refractivity contribution is 5.77. The second-order valence-electron chi connectivity index (χ2n) is 17.6. The minimum absolute atomic E-state index is 0.0287. The fourth-order valence-corrected chi connectivity index (χ4v) is 7.45. The first-order valence-electron chi connectivity index (χ1n) is 26.5. The second-order valence-corrected chi connectivity index (χ2v) is 17.6. The number of amides is 1. The van der Waals surface area contributed by atoms with Crippen LogP contribution in [-0.4, -0.2) is 46.9 Å². The smallest absolute Gasteiger partial charge is 0.306 e. The third-order valence-electron chi connectivity index (χ3n) is 11.4. The molecule has 0 fully saturated rings. The van der Waals surface area contributed by atoms with E-state index in [-0.39, 0.29) is 31.3 Å². The largest absolute Gasteiger partial charge is 0.462 e. The molecule has 0 heterocycles. The SMILES string of the molecule is CC/C=C\C/C=C\C/C=C\C/C=C\C/C=C\C/C=C\CCC(=O)OC(CCCCCC/C=C/C=C/CCCCC)CC(=O)NC(CO)C(O)CCCCCCCCCCCCCCC. The molecule has 0 aromatic carbocycles. The average Bonchev–Trinajstić information content (AvgIpc) is 3.29. The lowest BCUT2D eigenvalue weighted by atomic mass is 10.0. The molecular weight excluding hydrogens is 791 g/mol. The van der Waals surface area contributed by atoms with Crippen molar-refractivity contribution in [3.63, 3.8) is 0 Å². The zero-order chi connectivity index (χ0) is 46.7. The molecule has 6 heteroatoms. The van der Waals surface area contributed by atoms with Gasteiger partial charge in [0, 0.05) is 6.42 Å². The van der Waals surface area contributed by atoms with E-state index >= 15 is 0 Å². The van der Waals surface area contributed by atoms with Gasteiger partial charge in [-0.15, -0.1) is 0 Å². The molecule has 0 aliphatic rings. The van der Waals surface area contributed by atoms with Crippen LogP contribution in [-0.2, 0) is 14.3 Å². The minimum Gasteiger partial charge on any atom is -0.462 e. The molecule has 0 aromatic rings. The summed E-state index contributed by atoms with van der Waals surface area (Å²) in [6, 6.07) is -0.728. The predicted octanol–water partition coefficient (Wildman–Crippen LogP) is 16.1. The van der Waals surface area contributed by atoms with Crippen molar-refractivity contribution in [2.45, 2.75) is 251 Å². The van der Waals surface area contributed by atoms with Crippen molar-refractivity contribution >= 4 is 11.9 Å². The maximum atomic E-state index is 13.2. The lowest BCUT2D eigenvalue weighted by Crippen LogP contribution is -2.46. The van der Waals surface area contributed by atoms with Crippen molar-refractivity contribution < 1.29 is 24.5 Å². The van der Waals surface area contributed by atoms with Gasteiger partial charge in [0.2, 0.25) is 5.91 Å². The minimum atomic E-state index is -0.811. The normalized spacial score (nSPS) is 14.0. The van der Waals surface area contributed by atoms with Crippen molar-refractivity contribution in [2.75, 3.05) is 6.61 Å². The number of aliphatic hydroxyl groups is 2. The number of allylic oxidation sites excluding steroid dienone is 16. The number of ether oxygens (including phenoxy) is 1. The number of unbranched alkanes of at least 4 members (excludes halogenated alkanes) is 19. The molecule has 3 atom stereocenters. The zero-order valence-corrected chi connectivity index (χ0v) is 41.6. The predicted molar refractivity (Wildman–Crippen MR) is 277 cm³/mol. The highest BCUT2D eigenvalue weighted by atomic mass is 16.5. The summed E-state index contributed by atoms with van der Waals surface area (Å²) in [5, 5.41) is 23.8. The maximum absolute atomic E-state index is 13.2. The molecule has 0 rings (SSSR count). The van der Waals surface area contributed by atoms with Crippen LogP contribution in [0.2, 0.25) is 0 Å². The standard InChI is InChI=1S/C58H99NO5/c1-4-7-10-13-16-19-22-25-26-27-28-29-30-33-36-39-42-45-48-51-58(63)64-54(49-46-43-40-37-34-31-23-20-17-14-11-8-5-2)52-57(62)59-55(53-60)56(61)50-47-44-41-38-35-32-24-21-18-15-12-9-6-3/h7,10,16-17,19-20,23,25-26,28-29,31,33,36,42,45,54-56,60-61H,4-6,8-9,11-15,18,21-22,24,27,30,32,34-35,37-41,43-44,46-53H2,1-3H3,(H,59,62)/b10-7-,19-16-,20-17+,26-25-,29-28-,31-23+,36-33-,45-42-. The van der Waals surface area contributed by atoms with E-state index in [1.54, 1.807) is 0 Å². The van der Waals surface area contributed by atoms with Crippen LogP contribution in [0.4, 0.5) is 0 Å².